The summed E-state index contributed by atoms with van der Waals surface area (Å²) in [5.74, 6) is 0. The molecule has 2 N–H and O–H groups in total. The minimum Gasteiger partial charge on any atom is -0.398 e. The van der Waals surface area contributed by atoms with Gasteiger partial charge in [0.1, 0.15) is 6.07 Å². The second-order valence-corrected chi connectivity index (χ2v) is 4.10. The summed E-state index contributed by atoms with van der Waals surface area (Å²) in [6.07, 6.45) is 0. The molecule has 0 aliphatic carbocycles. The van der Waals surface area contributed by atoms with Crippen molar-refractivity contribution in [2.24, 2.45) is 0 Å². The van der Waals surface area contributed by atoms with E-state index in [1.807, 2.05) is 6.07 Å². The number of fused-ring (bicyclic) bond motifs is 1. The fraction of sp³-hybridized carbons (Fsp3) is 0. The van der Waals surface area contributed by atoms with E-state index in [1.165, 1.54) is 11.3 Å². The molecule has 13 heavy (non-hydrogen) atoms. The van der Waals surface area contributed by atoms with Crippen molar-refractivity contribution in [3.8, 4) is 6.07 Å². The Balaban J connectivity index is 2.82. The monoisotopic (exact) mass is 209 g/mol. The van der Waals surface area contributed by atoms with Gasteiger partial charge in [0.15, 0.2) is 4.47 Å². The van der Waals surface area contributed by atoms with Crippen LogP contribution >= 0.6 is 22.9 Å². The summed E-state index contributed by atoms with van der Waals surface area (Å²) in [7, 11) is 0. The largest absolute Gasteiger partial charge is 0.398 e. The Labute approximate surface area is 83.4 Å². The number of nitrogen functional groups attached to an aromatic ring is 1. The summed E-state index contributed by atoms with van der Waals surface area (Å²) in [5, 5.41) is 8.70. The van der Waals surface area contributed by atoms with Gasteiger partial charge in [-0.1, -0.05) is 11.6 Å². The molecule has 0 amide bonds. The Bertz CT molecular complexity index is 512. The predicted molar refractivity (Wildman–Crippen MR) is 53.8 cm³/mol. The number of thiazole rings is 1. The lowest BCUT2D eigenvalue weighted by Crippen LogP contribution is -1.88. The van der Waals surface area contributed by atoms with Crippen LogP contribution in [0.3, 0.4) is 0 Å². The van der Waals surface area contributed by atoms with Gasteiger partial charge < -0.3 is 5.73 Å². The van der Waals surface area contributed by atoms with Gasteiger partial charge in [-0.2, -0.15) is 5.26 Å². The Hall–Kier alpha value is -1.31. The minimum absolute atomic E-state index is 0.439. The van der Waals surface area contributed by atoms with Crippen molar-refractivity contribution in [2.45, 2.75) is 0 Å². The molecule has 5 heteroatoms. The average molecular weight is 210 g/mol. The van der Waals surface area contributed by atoms with Gasteiger partial charge in [-0.15, -0.1) is 11.3 Å². The van der Waals surface area contributed by atoms with Crippen molar-refractivity contribution >= 4 is 38.8 Å². The molecule has 0 saturated heterocycles. The Kier molecular flexibility index (Phi) is 1.83. The highest BCUT2D eigenvalue weighted by Gasteiger charge is 2.05. The Morgan fingerprint density at radius 1 is 1.54 bits per heavy atom. The molecule has 1 aromatic heterocycles. The van der Waals surface area contributed by atoms with E-state index in [9.17, 15) is 0 Å². The minimum atomic E-state index is 0.439. The van der Waals surface area contributed by atoms with Gasteiger partial charge in [-0.3, -0.25) is 0 Å². The van der Waals surface area contributed by atoms with Crippen molar-refractivity contribution in [1.82, 2.24) is 4.98 Å². The third-order valence-electron chi connectivity index (χ3n) is 1.65. The van der Waals surface area contributed by atoms with Crippen LogP contribution in [0.4, 0.5) is 5.69 Å². The number of anilines is 1. The molecule has 64 valence electrons. The van der Waals surface area contributed by atoms with Crippen LogP contribution in [0.15, 0.2) is 12.1 Å². The highest BCUT2D eigenvalue weighted by molar-refractivity contribution is 7.22. The number of hydrogen-bond donors (Lipinski definition) is 1. The highest BCUT2D eigenvalue weighted by atomic mass is 35.5. The standard InChI is InChI=1S/C8H4ClN3S/c9-8-12-6-1-4(3-10)5(11)2-7(6)13-8/h1-2H,11H2. The van der Waals surface area contributed by atoms with Crippen LogP contribution in [-0.4, -0.2) is 4.98 Å². The van der Waals surface area contributed by atoms with E-state index in [0.717, 1.165) is 10.2 Å². The smallest absolute Gasteiger partial charge is 0.184 e. The van der Waals surface area contributed by atoms with Crippen LogP contribution in [0.2, 0.25) is 4.47 Å². The number of nitrogens with zero attached hydrogens (tertiary/aromatic N) is 2. The first-order valence-electron chi connectivity index (χ1n) is 3.46. The molecule has 3 nitrogen and oxygen atoms in total. The third kappa shape index (κ3) is 1.32. The lowest BCUT2D eigenvalue weighted by molar-refractivity contribution is 1.46. The second-order valence-electron chi connectivity index (χ2n) is 2.49. The lowest BCUT2D eigenvalue weighted by atomic mass is 10.2. The number of nitrogens with two attached hydrogens (primary N) is 1. The van der Waals surface area contributed by atoms with E-state index in [4.69, 9.17) is 22.6 Å². The van der Waals surface area contributed by atoms with Crippen molar-refractivity contribution in [3.05, 3.63) is 22.2 Å². The zero-order valence-corrected chi connectivity index (χ0v) is 7.99. The van der Waals surface area contributed by atoms with E-state index in [-0.39, 0.29) is 0 Å². The van der Waals surface area contributed by atoms with Crippen LogP contribution in [0.5, 0.6) is 0 Å². The Morgan fingerprint density at radius 2 is 2.31 bits per heavy atom. The van der Waals surface area contributed by atoms with Crippen LogP contribution in [0.25, 0.3) is 10.2 Å². The van der Waals surface area contributed by atoms with Crippen molar-refractivity contribution in [3.63, 3.8) is 0 Å². The molecule has 0 radical (unpaired) electrons. The Morgan fingerprint density at radius 3 is 3.00 bits per heavy atom. The SMILES string of the molecule is N#Cc1cc2nc(Cl)sc2cc1N. The topological polar surface area (TPSA) is 62.7 Å². The molecule has 1 aromatic carbocycles. The van der Waals surface area contributed by atoms with E-state index in [1.54, 1.807) is 12.1 Å². The molecular formula is C8H4ClN3S. The molecule has 0 atom stereocenters. The molecule has 0 spiro atoms. The first-order valence-corrected chi connectivity index (χ1v) is 4.66. The zero-order chi connectivity index (χ0) is 9.42. The molecule has 0 aliphatic heterocycles. The molecule has 0 unspecified atom stereocenters. The normalized spacial score (nSPS) is 10.2. The number of aromatic nitrogens is 1. The average Bonchev–Trinajstić information content (AvgIpc) is 2.42. The first kappa shape index (κ1) is 8.30. The lowest BCUT2D eigenvalue weighted by Gasteiger charge is -1.94. The molecule has 2 aromatic rings. The predicted octanol–water partition coefficient (Wildman–Crippen LogP) is 2.40. The molecule has 0 saturated carbocycles. The number of nitriles is 1. The molecule has 0 aliphatic rings. The zero-order valence-electron chi connectivity index (χ0n) is 6.41. The molecular weight excluding hydrogens is 206 g/mol. The summed E-state index contributed by atoms with van der Waals surface area (Å²) >= 11 is 7.07. The fourth-order valence-corrected chi connectivity index (χ4v) is 2.12. The summed E-state index contributed by atoms with van der Waals surface area (Å²) < 4.78 is 1.37. The van der Waals surface area contributed by atoms with Gasteiger partial charge >= 0.3 is 0 Å². The number of benzene rings is 1. The summed E-state index contributed by atoms with van der Waals surface area (Å²) in [4.78, 5) is 4.04. The molecule has 2 rings (SSSR count). The molecule has 0 bridgehead atoms. The maximum absolute atomic E-state index is 8.70. The second kappa shape index (κ2) is 2.87. The van der Waals surface area contributed by atoms with Crippen LogP contribution < -0.4 is 5.73 Å². The fourth-order valence-electron chi connectivity index (χ4n) is 1.06. The van der Waals surface area contributed by atoms with Gasteiger partial charge in [0, 0.05) is 0 Å². The summed E-state index contributed by atoms with van der Waals surface area (Å²) in [6.45, 7) is 0. The van der Waals surface area contributed by atoms with Crippen LogP contribution in [0, 0.1) is 11.3 Å². The van der Waals surface area contributed by atoms with Gasteiger partial charge in [0.25, 0.3) is 0 Å². The van der Waals surface area contributed by atoms with E-state index in [2.05, 4.69) is 4.98 Å². The number of halogens is 1. The van der Waals surface area contributed by atoms with Gasteiger partial charge in [0.05, 0.1) is 21.5 Å². The summed E-state index contributed by atoms with van der Waals surface area (Å²) in [6, 6.07) is 5.36. The summed E-state index contributed by atoms with van der Waals surface area (Å²) in [5.41, 5.74) is 7.25. The third-order valence-corrected chi connectivity index (χ3v) is 2.78. The van der Waals surface area contributed by atoms with Gasteiger partial charge in [0.2, 0.25) is 0 Å². The van der Waals surface area contributed by atoms with Crippen molar-refractivity contribution < 1.29 is 0 Å². The van der Waals surface area contributed by atoms with Crippen LogP contribution in [-0.2, 0) is 0 Å². The molecule has 0 fully saturated rings. The van der Waals surface area contributed by atoms with Gasteiger partial charge in [-0.25, -0.2) is 4.98 Å². The van der Waals surface area contributed by atoms with Crippen molar-refractivity contribution in [2.75, 3.05) is 5.73 Å². The number of rotatable bonds is 0. The number of hydrogen-bond acceptors (Lipinski definition) is 4. The van der Waals surface area contributed by atoms with Crippen LogP contribution in [0.1, 0.15) is 5.56 Å². The maximum Gasteiger partial charge on any atom is 0.184 e. The maximum atomic E-state index is 8.70. The highest BCUT2D eigenvalue weighted by Crippen LogP contribution is 2.28. The van der Waals surface area contributed by atoms with E-state index in [0.29, 0.717) is 15.7 Å². The molecule has 1 heterocycles. The van der Waals surface area contributed by atoms with E-state index < -0.39 is 0 Å². The van der Waals surface area contributed by atoms with Crippen molar-refractivity contribution in [1.29, 1.82) is 5.26 Å². The quantitative estimate of drug-likeness (QED) is 0.678. The van der Waals surface area contributed by atoms with E-state index >= 15 is 0 Å². The van der Waals surface area contributed by atoms with Gasteiger partial charge in [-0.05, 0) is 12.1 Å². The first-order chi connectivity index (χ1) is 6.20.